The smallest absolute Gasteiger partial charge is 0.161 e. The van der Waals surface area contributed by atoms with Gasteiger partial charge in [0.15, 0.2) is 11.5 Å². The third-order valence-electron chi connectivity index (χ3n) is 4.85. The minimum absolute atomic E-state index is 0.233. The number of benzene rings is 2. The molecule has 1 unspecified atom stereocenters. The SMILES string of the molecule is COc1ccc(OCC(O)CN(CCC(C)C)Cc2ccc(OC)c(OC)c2)cc1. The molecule has 0 aliphatic rings. The van der Waals surface area contributed by atoms with Gasteiger partial charge in [0.25, 0.3) is 0 Å². The van der Waals surface area contributed by atoms with Crippen LogP contribution in [0.25, 0.3) is 0 Å². The molecule has 1 N–H and O–H groups in total. The molecule has 6 heteroatoms. The van der Waals surface area contributed by atoms with E-state index >= 15 is 0 Å². The van der Waals surface area contributed by atoms with Gasteiger partial charge < -0.3 is 24.1 Å². The van der Waals surface area contributed by atoms with E-state index in [-0.39, 0.29) is 6.61 Å². The van der Waals surface area contributed by atoms with E-state index in [2.05, 4.69) is 18.7 Å². The topological polar surface area (TPSA) is 60.4 Å². The summed E-state index contributed by atoms with van der Waals surface area (Å²) in [4.78, 5) is 2.25. The Kier molecular flexibility index (Phi) is 9.77. The molecule has 1 atom stereocenters. The van der Waals surface area contributed by atoms with Crippen molar-refractivity contribution in [1.82, 2.24) is 4.90 Å². The zero-order valence-corrected chi connectivity index (χ0v) is 18.8. The van der Waals surface area contributed by atoms with Gasteiger partial charge in [-0.15, -0.1) is 0 Å². The van der Waals surface area contributed by atoms with Gasteiger partial charge in [-0.25, -0.2) is 0 Å². The number of nitrogens with zero attached hydrogens (tertiary/aromatic N) is 1. The van der Waals surface area contributed by atoms with Gasteiger partial charge in [-0.3, -0.25) is 4.90 Å². The van der Waals surface area contributed by atoms with Gasteiger partial charge >= 0.3 is 0 Å². The van der Waals surface area contributed by atoms with Gasteiger partial charge in [-0.2, -0.15) is 0 Å². The van der Waals surface area contributed by atoms with Crippen LogP contribution in [0.15, 0.2) is 42.5 Å². The molecule has 0 saturated heterocycles. The maximum atomic E-state index is 10.6. The number of rotatable bonds is 13. The first-order valence-electron chi connectivity index (χ1n) is 10.3. The molecule has 6 nitrogen and oxygen atoms in total. The number of hydrogen-bond acceptors (Lipinski definition) is 6. The minimum Gasteiger partial charge on any atom is -0.497 e. The average Bonchev–Trinajstić information content (AvgIpc) is 2.76. The molecular weight excluding hydrogens is 382 g/mol. The van der Waals surface area contributed by atoms with E-state index in [9.17, 15) is 5.11 Å². The highest BCUT2D eigenvalue weighted by molar-refractivity contribution is 5.42. The first-order chi connectivity index (χ1) is 14.4. The van der Waals surface area contributed by atoms with Crippen LogP contribution < -0.4 is 18.9 Å². The van der Waals surface area contributed by atoms with E-state index in [0.29, 0.717) is 36.3 Å². The Bertz CT molecular complexity index is 748. The van der Waals surface area contributed by atoms with Crippen molar-refractivity contribution in [3.8, 4) is 23.0 Å². The number of aliphatic hydroxyl groups excluding tert-OH is 1. The fourth-order valence-corrected chi connectivity index (χ4v) is 3.13. The van der Waals surface area contributed by atoms with Gasteiger partial charge in [0, 0.05) is 13.1 Å². The molecule has 0 fully saturated rings. The third kappa shape index (κ3) is 7.76. The zero-order valence-electron chi connectivity index (χ0n) is 18.8. The second kappa shape index (κ2) is 12.3. The van der Waals surface area contributed by atoms with Crippen molar-refractivity contribution in [2.75, 3.05) is 41.0 Å². The van der Waals surface area contributed by atoms with Crippen LogP contribution in [-0.4, -0.2) is 57.1 Å². The molecule has 0 radical (unpaired) electrons. The van der Waals surface area contributed by atoms with E-state index in [1.165, 1.54) is 0 Å². The molecule has 0 heterocycles. The molecule has 0 spiro atoms. The summed E-state index contributed by atoms with van der Waals surface area (Å²) in [6, 6.07) is 13.3. The first-order valence-corrected chi connectivity index (χ1v) is 10.3. The Hall–Kier alpha value is -2.44. The van der Waals surface area contributed by atoms with Crippen molar-refractivity contribution < 1.29 is 24.1 Å². The Balaban J connectivity index is 1.97. The predicted molar refractivity (Wildman–Crippen MR) is 119 cm³/mol. The molecule has 0 aliphatic carbocycles. The van der Waals surface area contributed by atoms with Crippen LogP contribution in [0.1, 0.15) is 25.8 Å². The van der Waals surface area contributed by atoms with E-state index in [1.54, 1.807) is 21.3 Å². The average molecular weight is 418 g/mol. The molecule has 2 aromatic rings. The highest BCUT2D eigenvalue weighted by Gasteiger charge is 2.15. The maximum absolute atomic E-state index is 10.6. The van der Waals surface area contributed by atoms with Crippen LogP contribution in [0.5, 0.6) is 23.0 Å². The summed E-state index contributed by atoms with van der Waals surface area (Å²) in [5.41, 5.74) is 1.11. The normalized spacial score (nSPS) is 12.1. The lowest BCUT2D eigenvalue weighted by Gasteiger charge is -2.26. The van der Waals surface area contributed by atoms with Crippen LogP contribution in [0.2, 0.25) is 0 Å². The van der Waals surface area contributed by atoms with Gasteiger partial charge in [0.1, 0.15) is 24.2 Å². The van der Waals surface area contributed by atoms with Crippen molar-refractivity contribution in [2.45, 2.75) is 32.9 Å². The molecule has 30 heavy (non-hydrogen) atoms. The summed E-state index contributed by atoms with van der Waals surface area (Å²) < 4.78 is 21.6. The Morgan fingerprint density at radius 3 is 2.13 bits per heavy atom. The van der Waals surface area contributed by atoms with Crippen molar-refractivity contribution in [2.24, 2.45) is 5.92 Å². The van der Waals surface area contributed by atoms with Crippen molar-refractivity contribution in [1.29, 1.82) is 0 Å². The molecule has 0 saturated carbocycles. The summed E-state index contributed by atoms with van der Waals surface area (Å²) in [6.45, 7) is 6.78. The van der Waals surface area contributed by atoms with Crippen molar-refractivity contribution >= 4 is 0 Å². The molecule has 0 bridgehead atoms. The molecule has 2 rings (SSSR count). The highest BCUT2D eigenvalue weighted by atomic mass is 16.5. The lowest BCUT2D eigenvalue weighted by atomic mass is 10.1. The summed E-state index contributed by atoms with van der Waals surface area (Å²) in [5, 5.41) is 10.6. The van der Waals surface area contributed by atoms with Gasteiger partial charge in [-0.1, -0.05) is 19.9 Å². The number of ether oxygens (including phenoxy) is 4. The highest BCUT2D eigenvalue weighted by Crippen LogP contribution is 2.28. The maximum Gasteiger partial charge on any atom is 0.161 e. The van der Waals surface area contributed by atoms with Crippen LogP contribution in [0.3, 0.4) is 0 Å². The molecule has 2 aromatic carbocycles. The Labute approximate surface area is 180 Å². The third-order valence-corrected chi connectivity index (χ3v) is 4.85. The first kappa shape index (κ1) is 23.8. The molecule has 0 aromatic heterocycles. The fraction of sp³-hybridized carbons (Fsp3) is 0.500. The van der Waals surface area contributed by atoms with Gasteiger partial charge in [0.2, 0.25) is 0 Å². The monoisotopic (exact) mass is 417 g/mol. The summed E-state index contributed by atoms with van der Waals surface area (Å²) >= 11 is 0. The van der Waals surface area contributed by atoms with Crippen LogP contribution in [0, 0.1) is 5.92 Å². The largest absolute Gasteiger partial charge is 0.497 e. The second-order valence-corrected chi connectivity index (χ2v) is 7.75. The van der Waals surface area contributed by atoms with Gasteiger partial charge in [-0.05, 0) is 60.8 Å². The summed E-state index contributed by atoms with van der Waals surface area (Å²) in [5.74, 6) is 3.50. The number of methoxy groups -OCH3 is 3. The lowest BCUT2D eigenvalue weighted by molar-refractivity contribution is 0.0639. The van der Waals surface area contributed by atoms with Crippen LogP contribution >= 0.6 is 0 Å². The number of aliphatic hydroxyl groups is 1. The Morgan fingerprint density at radius 2 is 1.53 bits per heavy atom. The second-order valence-electron chi connectivity index (χ2n) is 7.75. The molecule has 0 amide bonds. The lowest BCUT2D eigenvalue weighted by Crippen LogP contribution is -2.36. The molecule has 166 valence electrons. The van der Waals surface area contributed by atoms with Crippen LogP contribution in [-0.2, 0) is 6.54 Å². The van der Waals surface area contributed by atoms with Crippen molar-refractivity contribution in [3.63, 3.8) is 0 Å². The molecule has 0 aliphatic heterocycles. The fourth-order valence-electron chi connectivity index (χ4n) is 3.13. The van der Waals surface area contributed by atoms with E-state index in [0.717, 1.165) is 24.3 Å². The Morgan fingerprint density at radius 1 is 0.867 bits per heavy atom. The van der Waals surface area contributed by atoms with E-state index in [1.807, 2.05) is 42.5 Å². The number of hydrogen-bond donors (Lipinski definition) is 1. The zero-order chi connectivity index (χ0) is 21.9. The standard InChI is InChI=1S/C24H35NO5/c1-18(2)12-13-25(15-19-6-11-23(28-4)24(14-19)29-5)16-20(26)17-30-22-9-7-21(27-3)8-10-22/h6-11,14,18,20,26H,12-13,15-17H2,1-5H3. The summed E-state index contributed by atoms with van der Waals surface area (Å²) in [7, 11) is 4.90. The minimum atomic E-state index is -0.598. The van der Waals surface area contributed by atoms with Crippen molar-refractivity contribution in [3.05, 3.63) is 48.0 Å². The summed E-state index contributed by atoms with van der Waals surface area (Å²) in [6.07, 6.45) is 0.457. The molecular formula is C24H35NO5. The van der Waals surface area contributed by atoms with E-state index < -0.39 is 6.10 Å². The predicted octanol–water partition coefficient (Wildman–Crippen LogP) is 4.00. The van der Waals surface area contributed by atoms with Gasteiger partial charge in [0.05, 0.1) is 21.3 Å². The van der Waals surface area contributed by atoms with Crippen LogP contribution in [0.4, 0.5) is 0 Å². The quantitative estimate of drug-likeness (QED) is 0.532. The van der Waals surface area contributed by atoms with E-state index in [4.69, 9.17) is 18.9 Å².